The number of hydrogen-bond acceptors (Lipinski definition) is 4. The molecule has 0 aliphatic carbocycles. The molecule has 0 aliphatic rings. The normalized spacial score (nSPS) is 11.8. The van der Waals surface area contributed by atoms with Crippen LogP contribution in [-0.2, 0) is 0 Å². The standard InChI is InChI=1S/C54H33NO2S/c1-4-16-49-43(11-1)47-32-37(23-29-51(47)56-49)34-19-25-39(26-20-34)55(40-27-21-35(22-28-40)42-14-8-15-46-45-13-3-6-18-53(45)58-54(42)46)41-10-7-9-36(31-41)38-24-30-52-48(33-38)44-12-2-5-17-50(44)57-52/h1-33H. The number of furan rings is 2. The van der Waals surface area contributed by atoms with E-state index >= 15 is 0 Å². The maximum absolute atomic E-state index is 6.17. The molecule has 272 valence electrons. The van der Waals surface area contributed by atoms with Gasteiger partial charge in [0, 0.05) is 58.8 Å². The van der Waals surface area contributed by atoms with E-state index < -0.39 is 0 Å². The monoisotopic (exact) mass is 759 g/mol. The molecule has 0 N–H and O–H groups in total. The molecule has 9 aromatic carbocycles. The molecule has 12 rings (SSSR count). The molecule has 12 aromatic rings. The molecule has 0 bridgehead atoms. The number of anilines is 3. The van der Waals surface area contributed by atoms with Crippen LogP contribution in [0.4, 0.5) is 17.1 Å². The second-order valence-electron chi connectivity index (χ2n) is 14.9. The van der Waals surface area contributed by atoms with Crippen molar-refractivity contribution in [2.45, 2.75) is 0 Å². The second kappa shape index (κ2) is 13.1. The van der Waals surface area contributed by atoms with Gasteiger partial charge in [-0.25, -0.2) is 0 Å². The van der Waals surface area contributed by atoms with Gasteiger partial charge in [-0.05, 0) is 112 Å². The Kier molecular flexibility index (Phi) is 7.40. The zero-order valence-corrected chi connectivity index (χ0v) is 32.0. The number of nitrogens with zero attached hydrogens (tertiary/aromatic N) is 1. The summed E-state index contributed by atoms with van der Waals surface area (Å²) in [5.41, 5.74) is 13.9. The topological polar surface area (TPSA) is 29.5 Å². The lowest BCUT2D eigenvalue weighted by molar-refractivity contribution is 0.668. The predicted octanol–water partition coefficient (Wildman–Crippen LogP) is 16.3. The molecule has 0 atom stereocenters. The first-order valence-electron chi connectivity index (χ1n) is 19.6. The Bertz CT molecular complexity index is 3520. The molecule has 0 saturated carbocycles. The van der Waals surface area contributed by atoms with Gasteiger partial charge in [0.1, 0.15) is 22.3 Å². The van der Waals surface area contributed by atoms with Crippen LogP contribution in [0, 0.1) is 0 Å². The molecular formula is C54H33NO2S. The number of hydrogen-bond donors (Lipinski definition) is 0. The van der Waals surface area contributed by atoms with Gasteiger partial charge in [0.05, 0.1) is 0 Å². The van der Waals surface area contributed by atoms with Gasteiger partial charge in [-0.2, -0.15) is 0 Å². The van der Waals surface area contributed by atoms with Gasteiger partial charge in [-0.3, -0.25) is 0 Å². The summed E-state index contributed by atoms with van der Waals surface area (Å²) >= 11 is 1.87. The Morgan fingerprint density at radius 3 is 1.48 bits per heavy atom. The minimum Gasteiger partial charge on any atom is -0.456 e. The lowest BCUT2D eigenvalue weighted by Crippen LogP contribution is -2.10. The Morgan fingerprint density at radius 2 is 0.810 bits per heavy atom. The fourth-order valence-electron chi connectivity index (χ4n) is 8.65. The third-order valence-corrected chi connectivity index (χ3v) is 12.7. The van der Waals surface area contributed by atoms with E-state index in [2.05, 4.69) is 181 Å². The van der Waals surface area contributed by atoms with Gasteiger partial charge in [-0.1, -0.05) is 121 Å². The largest absolute Gasteiger partial charge is 0.456 e. The van der Waals surface area contributed by atoms with E-state index in [1.54, 1.807) is 0 Å². The number of benzene rings is 9. The minimum absolute atomic E-state index is 0.898. The van der Waals surface area contributed by atoms with Crippen LogP contribution < -0.4 is 4.90 Å². The van der Waals surface area contributed by atoms with Gasteiger partial charge in [0.2, 0.25) is 0 Å². The first-order valence-corrected chi connectivity index (χ1v) is 20.4. The molecule has 3 aromatic heterocycles. The predicted molar refractivity (Wildman–Crippen MR) is 245 cm³/mol. The SMILES string of the molecule is c1cc(-c2ccc3oc4ccccc4c3c2)cc(N(c2ccc(-c3ccc4oc5ccccc5c4c3)cc2)c2ccc(-c3cccc4c3sc3ccccc34)cc2)c1. The first-order chi connectivity index (χ1) is 28.7. The van der Waals surface area contributed by atoms with E-state index in [1.807, 2.05) is 35.6 Å². The Labute approximate surface area is 338 Å². The van der Waals surface area contributed by atoms with Gasteiger partial charge in [0.25, 0.3) is 0 Å². The third-order valence-electron chi connectivity index (χ3n) is 11.5. The van der Waals surface area contributed by atoms with E-state index in [1.165, 1.54) is 31.3 Å². The Balaban J connectivity index is 0.962. The molecule has 0 fully saturated rings. The molecule has 3 heterocycles. The summed E-state index contributed by atoms with van der Waals surface area (Å²) in [6, 6.07) is 71.6. The lowest BCUT2D eigenvalue weighted by Gasteiger charge is -2.26. The highest BCUT2D eigenvalue weighted by atomic mass is 32.1. The summed E-state index contributed by atoms with van der Waals surface area (Å²) in [6.45, 7) is 0. The van der Waals surface area contributed by atoms with Crippen molar-refractivity contribution in [3.63, 3.8) is 0 Å². The quantitative estimate of drug-likeness (QED) is 0.169. The fourth-order valence-corrected chi connectivity index (χ4v) is 9.89. The molecule has 0 spiro atoms. The number of para-hydroxylation sites is 2. The maximum Gasteiger partial charge on any atom is 0.135 e. The van der Waals surface area contributed by atoms with Crippen LogP contribution in [0.3, 0.4) is 0 Å². The van der Waals surface area contributed by atoms with E-state index in [0.717, 1.165) is 83.2 Å². The Morgan fingerprint density at radius 1 is 0.310 bits per heavy atom. The summed E-state index contributed by atoms with van der Waals surface area (Å²) in [7, 11) is 0. The van der Waals surface area contributed by atoms with Crippen LogP contribution in [0.15, 0.2) is 209 Å². The van der Waals surface area contributed by atoms with Gasteiger partial charge < -0.3 is 13.7 Å². The molecule has 0 radical (unpaired) electrons. The van der Waals surface area contributed by atoms with Crippen molar-refractivity contribution in [3.05, 3.63) is 200 Å². The van der Waals surface area contributed by atoms with Gasteiger partial charge in [-0.15, -0.1) is 11.3 Å². The van der Waals surface area contributed by atoms with Crippen molar-refractivity contribution in [1.29, 1.82) is 0 Å². The van der Waals surface area contributed by atoms with Crippen molar-refractivity contribution >= 4 is 92.4 Å². The highest BCUT2D eigenvalue weighted by Gasteiger charge is 2.17. The van der Waals surface area contributed by atoms with Crippen LogP contribution in [0.2, 0.25) is 0 Å². The van der Waals surface area contributed by atoms with Gasteiger partial charge >= 0.3 is 0 Å². The molecule has 0 saturated heterocycles. The van der Waals surface area contributed by atoms with Crippen molar-refractivity contribution in [2.75, 3.05) is 4.90 Å². The minimum atomic E-state index is 0.898. The van der Waals surface area contributed by atoms with Crippen LogP contribution >= 0.6 is 11.3 Å². The molecule has 58 heavy (non-hydrogen) atoms. The van der Waals surface area contributed by atoms with Crippen LogP contribution in [-0.4, -0.2) is 0 Å². The molecule has 0 aliphatic heterocycles. The van der Waals surface area contributed by atoms with Gasteiger partial charge in [0.15, 0.2) is 0 Å². The molecule has 4 heteroatoms. The summed E-state index contributed by atoms with van der Waals surface area (Å²) in [4.78, 5) is 2.36. The Hall–Kier alpha value is -7.40. The van der Waals surface area contributed by atoms with Crippen molar-refractivity contribution in [1.82, 2.24) is 0 Å². The molecule has 0 amide bonds. The highest BCUT2D eigenvalue weighted by Crippen LogP contribution is 2.43. The van der Waals surface area contributed by atoms with E-state index in [-0.39, 0.29) is 0 Å². The summed E-state index contributed by atoms with van der Waals surface area (Å²) in [5.74, 6) is 0. The van der Waals surface area contributed by atoms with Crippen molar-refractivity contribution < 1.29 is 8.83 Å². The zero-order valence-electron chi connectivity index (χ0n) is 31.2. The first kappa shape index (κ1) is 32.8. The summed E-state index contributed by atoms with van der Waals surface area (Å²) in [5, 5.41) is 7.13. The third kappa shape index (κ3) is 5.34. The van der Waals surface area contributed by atoms with Crippen LogP contribution in [0.25, 0.3) is 97.4 Å². The lowest BCUT2D eigenvalue weighted by atomic mass is 10.00. The van der Waals surface area contributed by atoms with E-state index in [0.29, 0.717) is 0 Å². The number of thiophene rings is 1. The maximum atomic E-state index is 6.17. The van der Waals surface area contributed by atoms with Crippen molar-refractivity contribution in [2.24, 2.45) is 0 Å². The summed E-state index contributed by atoms with van der Waals surface area (Å²) < 4.78 is 14.9. The zero-order chi connectivity index (χ0) is 38.2. The molecule has 0 unspecified atom stereocenters. The van der Waals surface area contributed by atoms with E-state index in [4.69, 9.17) is 8.83 Å². The molecular weight excluding hydrogens is 727 g/mol. The average Bonchev–Trinajstić information content (AvgIpc) is 3.98. The smallest absolute Gasteiger partial charge is 0.135 e. The highest BCUT2D eigenvalue weighted by molar-refractivity contribution is 7.26. The van der Waals surface area contributed by atoms with Crippen LogP contribution in [0.5, 0.6) is 0 Å². The van der Waals surface area contributed by atoms with E-state index in [9.17, 15) is 0 Å². The second-order valence-corrected chi connectivity index (χ2v) is 15.9. The molecule has 3 nitrogen and oxygen atoms in total. The number of rotatable bonds is 6. The summed E-state index contributed by atoms with van der Waals surface area (Å²) in [6.07, 6.45) is 0. The fraction of sp³-hybridized carbons (Fsp3) is 0. The van der Waals surface area contributed by atoms with Crippen LogP contribution in [0.1, 0.15) is 0 Å². The average molecular weight is 760 g/mol. The van der Waals surface area contributed by atoms with Crippen molar-refractivity contribution in [3.8, 4) is 33.4 Å². The number of fused-ring (bicyclic) bond motifs is 9.